The van der Waals surface area contributed by atoms with Crippen LogP contribution in [0, 0.1) is 12.7 Å². The number of nitrogens with one attached hydrogen (secondary N) is 1. The second-order valence-corrected chi connectivity index (χ2v) is 6.36. The second-order valence-electron chi connectivity index (χ2n) is 5.16. The molecule has 0 saturated heterocycles. The Labute approximate surface area is 141 Å². The lowest BCUT2D eigenvalue weighted by molar-refractivity contribution is 0.622. The van der Waals surface area contributed by atoms with Crippen LogP contribution in [0.15, 0.2) is 49.1 Å². The average molecular weight is 337 g/mol. The van der Waals surface area contributed by atoms with E-state index in [-0.39, 0.29) is 5.82 Å². The number of halogens is 1. The summed E-state index contributed by atoms with van der Waals surface area (Å²) in [6.45, 7) is 1.96. The molecule has 24 heavy (non-hydrogen) atoms. The third kappa shape index (κ3) is 2.69. The molecule has 0 unspecified atom stereocenters. The van der Waals surface area contributed by atoms with Gasteiger partial charge in [0, 0.05) is 29.7 Å². The van der Waals surface area contributed by atoms with E-state index >= 15 is 0 Å². The van der Waals surface area contributed by atoms with Crippen LogP contribution in [0.2, 0.25) is 0 Å². The number of hydrogen-bond acceptors (Lipinski definition) is 6. The summed E-state index contributed by atoms with van der Waals surface area (Å²) in [5.74, 6) is 0.737. The lowest BCUT2D eigenvalue weighted by atomic mass is 10.1. The third-order valence-corrected chi connectivity index (χ3v) is 4.48. The van der Waals surface area contributed by atoms with Gasteiger partial charge < -0.3 is 5.32 Å². The molecule has 7 heteroatoms. The van der Waals surface area contributed by atoms with Gasteiger partial charge in [0.1, 0.15) is 17.2 Å². The van der Waals surface area contributed by atoms with E-state index in [4.69, 9.17) is 0 Å². The smallest absolute Gasteiger partial charge is 0.159 e. The number of fused-ring (bicyclic) bond motifs is 1. The predicted octanol–water partition coefficient (Wildman–Crippen LogP) is 4.34. The molecule has 0 radical (unpaired) electrons. The number of anilines is 2. The molecule has 0 saturated carbocycles. The first-order valence-electron chi connectivity index (χ1n) is 7.26. The summed E-state index contributed by atoms with van der Waals surface area (Å²) < 4.78 is 14.0. The number of aryl methyl sites for hydroxylation is 1. The van der Waals surface area contributed by atoms with Crippen LogP contribution in [-0.4, -0.2) is 19.9 Å². The van der Waals surface area contributed by atoms with E-state index < -0.39 is 0 Å². The topological polar surface area (TPSA) is 63.6 Å². The molecular formula is C17H12FN5S. The molecule has 4 rings (SSSR count). The van der Waals surface area contributed by atoms with Gasteiger partial charge >= 0.3 is 0 Å². The molecule has 118 valence electrons. The van der Waals surface area contributed by atoms with Gasteiger partial charge in [-0.1, -0.05) is 6.07 Å². The summed E-state index contributed by atoms with van der Waals surface area (Å²) >= 11 is 1.60. The molecule has 4 aromatic heterocycles. The Kier molecular flexibility index (Phi) is 3.62. The van der Waals surface area contributed by atoms with Crippen LogP contribution in [0.4, 0.5) is 16.0 Å². The van der Waals surface area contributed by atoms with Gasteiger partial charge in [0.25, 0.3) is 0 Å². The highest BCUT2D eigenvalue weighted by molar-refractivity contribution is 7.19. The van der Waals surface area contributed by atoms with E-state index in [1.54, 1.807) is 36.0 Å². The largest absolute Gasteiger partial charge is 0.323 e. The van der Waals surface area contributed by atoms with Gasteiger partial charge in [0.2, 0.25) is 0 Å². The maximum atomic E-state index is 13.0. The fraction of sp³-hybridized carbons (Fsp3) is 0.0588. The van der Waals surface area contributed by atoms with Gasteiger partial charge in [-0.15, -0.1) is 11.3 Å². The van der Waals surface area contributed by atoms with Gasteiger partial charge in [-0.3, -0.25) is 4.98 Å². The molecule has 0 aliphatic heterocycles. The van der Waals surface area contributed by atoms with E-state index in [1.165, 1.54) is 6.07 Å². The molecule has 0 spiro atoms. The zero-order valence-electron chi connectivity index (χ0n) is 12.7. The number of hydrogen-bond donors (Lipinski definition) is 1. The summed E-state index contributed by atoms with van der Waals surface area (Å²) in [5.41, 5.74) is 2.75. The molecule has 0 aliphatic rings. The highest BCUT2D eigenvalue weighted by Gasteiger charge is 2.14. The van der Waals surface area contributed by atoms with Crippen molar-refractivity contribution in [3.63, 3.8) is 0 Å². The van der Waals surface area contributed by atoms with Crippen LogP contribution in [0.25, 0.3) is 21.3 Å². The average Bonchev–Trinajstić information content (AvgIpc) is 3.00. The van der Waals surface area contributed by atoms with Gasteiger partial charge in [0.15, 0.2) is 5.82 Å². The Bertz CT molecular complexity index is 999. The molecule has 4 heterocycles. The van der Waals surface area contributed by atoms with Crippen LogP contribution in [-0.2, 0) is 0 Å². The minimum absolute atomic E-state index is 0.380. The monoisotopic (exact) mass is 337 g/mol. The standard InChI is InChI=1S/C17H12FN5S/c1-10-22-15-16(24-10)13(11-3-2-6-19-7-11)9-21-17(15)23-14-5-4-12(18)8-20-14/h2-9H,1H3,(H,20,21,23). The van der Waals surface area contributed by atoms with Crippen molar-refractivity contribution in [3.05, 3.63) is 59.9 Å². The minimum Gasteiger partial charge on any atom is -0.323 e. The minimum atomic E-state index is -0.380. The van der Waals surface area contributed by atoms with Crippen LogP contribution in [0.5, 0.6) is 0 Å². The number of rotatable bonds is 3. The zero-order chi connectivity index (χ0) is 16.5. The Morgan fingerprint density at radius 1 is 1.08 bits per heavy atom. The third-order valence-electron chi connectivity index (χ3n) is 3.47. The fourth-order valence-electron chi connectivity index (χ4n) is 2.41. The lowest BCUT2D eigenvalue weighted by Gasteiger charge is -2.08. The van der Waals surface area contributed by atoms with Crippen molar-refractivity contribution in [2.75, 3.05) is 5.32 Å². The second kappa shape index (κ2) is 5.93. The highest BCUT2D eigenvalue weighted by Crippen LogP contribution is 2.35. The molecule has 0 aromatic carbocycles. The Hall–Kier alpha value is -2.93. The normalized spacial score (nSPS) is 10.9. The van der Waals surface area contributed by atoms with Crippen molar-refractivity contribution in [1.82, 2.24) is 19.9 Å². The summed E-state index contributed by atoms with van der Waals surface area (Å²) in [5, 5.41) is 4.05. The lowest BCUT2D eigenvalue weighted by Crippen LogP contribution is -1.98. The van der Waals surface area contributed by atoms with Gasteiger partial charge in [0.05, 0.1) is 15.9 Å². The number of pyridine rings is 3. The van der Waals surface area contributed by atoms with Crippen LogP contribution < -0.4 is 5.32 Å². The van der Waals surface area contributed by atoms with E-state index in [0.717, 1.165) is 32.5 Å². The first kappa shape index (κ1) is 14.6. The Balaban J connectivity index is 1.82. The van der Waals surface area contributed by atoms with Gasteiger partial charge in [-0.25, -0.2) is 19.3 Å². The van der Waals surface area contributed by atoms with Crippen molar-refractivity contribution in [2.24, 2.45) is 0 Å². The molecule has 4 aromatic rings. The summed E-state index contributed by atoms with van der Waals surface area (Å²) in [6.07, 6.45) is 6.50. The van der Waals surface area contributed by atoms with Crippen molar-refractivity contribution >= 4 is 33.2 Å². The molecule has 5 nitrogen and oxygen atoms in total. The highest BCUT2D eigenvalue weighted by atomic mass is 32.1. The van der Waals surface area contributed by atoms with Crippen LogP contribution >= 0.6 is 11.3 Å². The van der Waals surface area contributed by atoms with Crippen molar-refractivity contribution in [1.29, 1.82) is 0 Å². The predicted molar refractivity (Wildman–Crippen MR) is 92.9 cm³/mol. The summed E-state index contributed by atoms with van der Waals surface area (Å²) in [6, 6.07) is 6.80. The maximum Gasteiger partial charge on any atom is 0.159 e. The molecular weight excluding hydrogens is 325 g/mol. The maximum absolute atomic E-state index is 13.0. The molecule has 0 bridgehead atoms. The molecule has 1 N–H and O–H groups in total. The Morgan fingerprint density at radius 2 is 2.00 bits per heavy atom. The summed E-state index contributed by atoms with van der Waals surface area (Å²) in [4.78, 5) is 17.2. The Morgan fingerprint density at radius 3 is 2.75 bits per heavy atom. The van der Waals surface area contributed by atoms with Crippen molar-refractivity contribution in [3.8, 4) is 11.1 Å². The molecule has 0 fully saturated rings. The van der Waals surface area contributed by atoms with Crippen molar-refractivity contribution < 1.29 is 4.39 Å². The van der Waals surface area contributed by atoms with Crippen LogP contribution in [0.3, 0.4) is 0 Å². The first-order valence-corrected chi connectivity index (χ1v) is 8.07. The molecule has 0 aliphatic carbocycles. The fourth-order valence-corrected chi connectivity index (χ4v) is 3.36. The quantitative estimate of drug-likeness (QED) is 0.602. The van der Waals surface area contributed by atoms with E-state index in [2.05, 4.69) is 25.3 Å². The molecule has 0 atom stereocenters. The SMILES string of the molecule is Cc1nc2c(Nc3ccc(F)cn3)ncc(-c3cccnc3)c2s1. The molecule has 0 amide bonds. The van der Waals surface area contributed by atoms with Crippen LogP contribution in [0.1, 0.15) is 5.01 Å². The van der Waals surface area contributed by atoms with Crippen molar-refractivity contribution in [2.45, 2.75) is 6.92 Å². The van der Waals surface area contributed by atoms with E-state index in [0.29, 0.717) is 11.6 Å². The van der Waals surface area contributed by atoms with Gasteiger partial charge in [-0.05, 0) is 25.1 Å². The number of thiazole rings is 1. The number of nitrogens with zero attached hydrogens (tertiary/aromatic N) is 4. The van der Waals surface area contributed by atoms with E-state index in [1.807, 2.05) is 19.1 Å². The number of aromatic nitrogens is 4. The van der Waals surface area contributed by atoms with E-state index in [9.17, 15) is 4.39 Å². The summed E-state index contributed by atoms with van der Waals surface area (Å²) in [7, 11) is 0. The zero-order valence-corrected chi connectivity index (χ0v) is 13.5. The first-order chi connectivity index (χ1) is 11.7. The van der Waals surface area contributed by atoms with Gasteiger partial charge in [-0.2, -0.15) is 0 Å².